The van der Waals surface area contributed by atoms with Crippen LogP contribution in [0.2, 0.25) is 0 Å². The Morgan fingerprint density at radius 2 is 2.26 bits per heavy atom. The Kier molecular flexibility index (Phi) is 4.84. The first kappa shape index (κ1) is 14.8. The molecule has 2 atom stereocenters. The maximum Gasteiger partial charge on any atom is 0.209 e. The number of aromatic nitrogens is 4. The molecule has 2 unspecified atom stereocenters. The van der Waals surface area contributed by atoms with Crippen molar-refractivity contribution >= 4 is 11.8 Å². The molecule has 0 radical (unpaired) electrons. The van der Waals surface area contributed by atoms with Crippen molar-refractivity contribution in [2.45, 2.75) is 62.9 Å². The van der Waals surface area contributed by atoms with Crippen molar-refractivity contribution < 1.29 is 0 Å². The SMILES string of the molecule is CCCNC1C(Sc2nnnn2C)CCCC1(C)C. The lowest BCUT2D eigenvalue weighted by Gasteiger charge is -2.44. The molecule has 1 aliphatic carbocycles. The molecule has 1 N–H and O–H groups in total. The Morgan fingerprint density at radius 3 is 2.89 bits per heavy atom. The average molecular weight is 283 g/mol. The molecule has 1 saturated carbocycles. The van der Waals surface area contributed by atoms with Crippen LogP contribution in [0.25, 0.3) is 0 Å². The monoisotopic (exact) mass is 283 g/mol. The van der Waals surface area contributed by atoms with Gasteiger partial charge in [-0.25, -0.2) is 4.68 Å². The number of nitrogens with one attached hydrogen (secondary N) is 1. The number of nitrogens with zero attached hydrogens (tertiary/aromatic N) is 4. The summed E-state index contributed by atoms with van der Waals surface area (Å²) in [5, 5.41) is 17.0. The molecule has 5 nitrogen and oxygen atoms in total. The molecule has 0 saturated heterocycles. The van der Waals surface area contributed by atoms with E-state index in [1.807, 2.05) is 18.8 Å². The van der Waals surface area contributed by atoms with Crippen LogP contribution in [-0.2, 0) is 7.05 Å². The van der Waals surface area contributed by atoms with Crippen LogP contribution in [0, 0.1) is 5.41 Å². The molecule has 1 fully saturated rings. The second-order valence-electron chi connectivity index (χ2n) is 6.05. The van der Waals surface area contributed by atoms with Gasteiger partial charge in [0.25, 0.3) is 0 Å². The fourth-order valence-electron chi connectivity index (χ4n) is 2.88. The lowest BCUT2D eigenvalue weighted by Crippen LogP contribution is -2.51. The van der Waals surface area contributed by atoms with Crippen molar-refractivity contribution in [3.05, 3.63) is 0 Å². The van der Waals surface area contributed by atoms with Gasteiger partial charge >= 0.3 is 0 Å². The van der Waals surface area contributed by atoms with Crippen molar-refractivity contribution in [1.29, 1.82) is 0 Å². The third-order valence-corrected chi connectivity index (χ3v) is 5.34. The van der Waals surface area contributed by atoms with Crippen molar-refractivity contribution in [1.82, 2.24) is 25.5 Å². The van der Waals surface area contributed by atoms with Crippen molar-refractivity contribution in [2.24, 2.45) is 12.5 Å². The number of hydrogen-bond acceptors (Lipinski definition) is 5. The number of aryl methyl sites for hydroxylation is 1. The fourth-order valence-corrected chi connectivity index (χ4v) is 4.30. The summed E-state index contributed by atoms with van der Waals surface area (Å²) in [6.45, 7) is 8.06. The molecule has 1 aliphatic rings. The molecule has 19 heavy (non-hydrogen) atoms. The smallest absolute Gasteiger partial charge is 0.209 e. The fraction of sp³-hybridized carbons (Fsp3) is 0.923. The minimum absolute atomic E-state index is 0.344. The highest BCUT2D eigenvalue weighted by molar-refractivity contribution is 7.99. The Morgan fingerprint density at radius 1 is 1.47 bits per heavy atom. The largest absolute Gasteiger partial charge is 0.312 e. The predicted octanol–water partition coefficient (Wildman–Crippen LogP) is 2.25. The minimum atomic E-state index is 0.344. The summed E-state index contributed by atoms with van der Waals surface area (Å²) in [6, 6.07) is 0.530. The molecule has 108 valence electrons. The average Bonchev–Trinajstić information content (AvgIpc) is 2.74. The zero-order valence-electron chi connectivity index (χ0n) is 12.4. The lowest BCUT2D eigenvalue weighted by atomic mass is 9.73. The normalized spacial score (nSPS) is 26.5. The predicted molar refractivity (Wildman–Crippen MR) is 78.2 cm³/mol. The molecule has 0 amide bonds. The third kappa shape index (κ3) is 3.48. The van der Waals surface area contributed by atoms with Crippen molar-refractivity contribution in [2.75, 3.05) is 6.54 Å². The van der Waals surface area contributed by atoms with Gasteiger partial charge in [-0.1, -0.05) is 39.0 Å². The van der Waals surface area contributed by atoms with E-state index in [0.717, 1.165) is 11.7 Å². The van der Waals surface area contributed by atoms with Gasteiger partial charge in [-0.05, 0) is 41.6 Å². The molecule has 0 aliphatic heterocycles. The van der Waals surface area contributed by atoms with Gasteiger partial charge in [-0.3, -0.25) is 0 Å². The van der Waals surface area contributed by atoms with E-state index in [0.29, 0.717) is 16.7 Å². The molecule has 1 heterocycles. The number of rotatable bonds is 5. The summed E-state index contributed by atoms with van der Waals surface area (Å²) in [5.74, 6) is 0. The molecule has 0 aromatic carbocycles. The summed E-state index contributed by atoms with van der Waals surface area (Å²) in [6.07, 6.45) is 5.00. The summed E-state index contributed by atoms with van der Waals surface area (Å²) >= 11 is 1.82. The van der Waals surface area contributed by atoms with Gasteiger partial charge in [0.1, 0.15) is 0 Å². The van der Waals surface area contributed by atoms with Gasteiger partial charge in [-0.2, -0.15) is 0 Å². The van der Waals surface area contributed by atoms with Crippen LogP contribution in [-0.4, -0.2) is 38.0 Å². The first-order valence-corrected chi connectivity index (χ1v) is 8.05. The number of tetrazole rings is 1. The summed E-state index contributed by atoms with van der Waals surface area (Å²) in [5.41, 5.74) is 0.344. The van der Waals surface area contributed by atoms with Crippen molar-refractivity contribution in [3.8, 4) is 0 Å². The van der Waals surface area contributed by atoms with E-state index in [9.17, 15) is 0 Å². The number of hydrogen-bond donors (Lipinski definition) is 1. The highest BCUT2D eigenvalue weighted by Gasteiger charge is 2.39. The van der Waals surface area contributed by atoms with E-state index in [4.69, 9.17) is 0 Å². The van der Waals surface area contributed by atoms with Crippen LogP contribution in [0.5, 0.6) is 0 Å². The van der Waals surface area contributed by atoms with E-state index < -0.39 is 0 Å². The molecular formula is C13H25N5S. The van der Waals surface area contributed by atoms with E-state index in [2.05, 4.69) is 41.6 Å². The third-order valence-electron chi connectivity index (χ3n) is 3.98. The van der Waals surface area contributed by atoms with Gasteiger partial charge in [0.15, 0.2) is 0 Å². The standard InChI is InChI=1S/C13H25N5S/c1-5-9-14-11-10(7-6-8-13(11,2)3)19-12-15-16-17-18(12)4/h10-11,14H,5-9H2,1-4H3. The Bertz CT molecular complexity index is 403. The lowest BCUT2D eigenvalue weighted by molar-refractivity contribution is 0.174. The van der Waals surface area contributed by atoms with Gasteiger partial charge < -0.3 is 5.32 Å². The van der Waals surface area contributed by atoms with E-state index >= 15 is 0 Å². The molecule has 2 rings (SSSR count). The zero-order valence-corrected chi connectivity index (χ0v) is 13.2. The maximum absolute atomic E-state index is 4.11. The first-order chi connectivity index (χ1) is 9.04. The van der Waals surface area contributed by atoms with Crippen LogP contribution >= 0.6 is 11.8 Å². The molecule has 6 heteroatoms. The van der Waals surface area contributed by atoms with Gasteiger partial charge in [-0.15, -0.1) is 5.10 Å². The zero-order chi connectivity index (χ0) is 13.9. The molecule has 1 aromatic rings. The topological polar surface area (TPSA) is 55.6 Å². The highest BCUT2D eigenvalue weighted by Crippen LogP contribution is 2.42. The van der Waals surface area contributed by atoms with Crippen LogP contribution in [0.15, 0.2) is 5.16 Å². The second kappa shape index (κ2) is 6.22. The molecular weight excluding hydrogens is 258 g/mol. The van der Waals surface area contributed by atoms with E-state index in [1.54, 1.807) is 4.68 Å². The van der Waals surface area contributed by atoms with Crippen LogP contribution in [0.1, 0.15) is 46.5 Å². The summed E-state index contributed by atoms with van der Waals surface area (Å²) in [7, 11) is 1.91. The molecule has 0 bridgehead atoms. The Balaban J connectivity index is 2.09. The maximum atomic E-state index is 4.11. The van der Waals surface area contributed by atoms with E-state index in [1.165, 1.54) is 25.7 Å². The second-order valence-corrected chi connectivity index (χ2v) is 7.26. The van der Waals surface area contributed by atoms with Crippen molar-refractivity contribution in [3.63, 3.8) is 0 Å². The Labute approximate surface area is 119 Å². The summed E-state index contributed by atoms with van der Waals surface area (Å²) < 4.78 is 1.77. The van der Waals surface area contributed by atoms with Gasteiger partial charge in [0.2, 0.25) is 5.16 Å². The van der Waals surface area contributed by atoms with Crippen LogP contribution in [0.3, 0.4) is 0 Å². The summed E-state index contributed by atoms with van der Waals surface area (Å²) in [4.78, 5) is 0. The van der Waals surface area contributed by atoms with Crippen LogP contribution in [0.4, 0.5) is 0 Å². The van der Waals surface area contributed by atoms with Gasteiger partial charge in [0, 0.05) is 18.3 Å². The highest BCUT2D eigenvalue weighted by atomic mass is 32.2. The number of thioether (sulfide) groups is 1. The molecule has 1 aromatic heterocycles. The first-order valence-electron chi connectivity index (χ1n) is 7.17. The van der Waals surface area contributed by atoms with Gasteiger partial charge in [0.05, 0.1) is 0 Å². The molecule has 0 spiro atoms. The Hall–Kier alpha value is -0.620. The minimum Gasteiger partial charge on any atom is -0.312 e. The van der Waals surface area contributed by atoms with Crippen LogP contribution < -0.4 is 5.32 Å². The quantitative estimate of drug-likeness (QED) is 0.898. The van der Waals surface area contributed by atoms with E-state index in [-0.39, 0.29) is 0 Å².